The molecule has 1 aliphatic rings. The summed E-state index contributed by atoms with van der Waals surface area (Å²) in [6.07, 6.45) is -0.862. The van der Waals surface area contributed by atoms with Crippen molar-refractivity contribution in [2.75, 3.05) is 41.4 Å². The Morgan fingerprint density at radius 2 is 1.89 bits per heavy atom. The van der Waals surface area contributed by atoms with Crippen LogP contribution in [0.15, 0.2) is 29.1 Å². The number of H-pyrrole nitrogens is 1. The third-order valence-corrected chi connectivity index (χ3v) is 5.23. The van der Waals surface area contributed by atoms with Crippen molar-refractivity contribution in [3.05, 3.63) is 40.2 Å². The number of carbonyl (C=O) groups is 3. The van der Waals surface area contributed by atoms with Crippen molar-refractivity contribution in [1.82, 2.24) is 15.3 Å². The van der Waals surface area contributed by atoms with Crippen molar-refractivity contribution in [2.24, 2.45) is 0 Å². The molecule has 0 bridgehead atoms. The summed E-state index contributed by atoms with van der Waals surface area (Å²) in [7, 11) is 1.78. The SMILES string of the molecule is CN1c2c(nc(N)[nH]c2=O)NCC1CNc1ccc(C(=O)N[C@H](CCC(=O)[O-])C(=O)[O-])cc1.[Na+].[Na+]. The van der Waals surface area contributed by atoms with Crippen molar-refractivity contribution < 1.29 is 83.7 Å². The molecule has 0 spiro atoms. The number of hydrogen-bond donors (Lipinski definition) is 5. The third-order valence-electron chi connectivity index (χ3n) is 5.23. The quantitative estimate of drug-likeness (QED) is 0.203. The molecule has 0 aliphatic carbocycles. The number of aromatic nitrogens is 2. The molecule has 2 aromatic rings. The average Bonchev–Trinajstić information content (AvgIpc) is 2.75. The predicted molar refractivity (Wildman–Crippen MR) is 115 cm³/mol. The maximum Gasteiger partial charge on any atom is 1.00 e. The van der Waals surface area contributed by atoms with E-state index in [1.165, 1.54) is 12.1 Å². The van der Waals surface area contributed by atoms with E-state index >= 15 is 0 Å². The minimum Gasteiger partial charge on any atom is -0.550 e. The van der Waals surface area contributed by atoms with Gasteiger partial charge in [0.15, 0.2) is 5.82 Å². The van der Waals surface area contributed by atoms with Crippen molar-refractivity contribution in [1.29, 1.82) is 0 Å². The smallest absolute Gasteiger partial charge is 0.550 e. The number of nitrogens with one attached hydrogen (secondary N) is 4. The second-order valence-electron chi connectivity index (χ2n) is 7.51. The van der Waals surface area contributed by atoms with Gasteiger partial charge in [0.1, 0.15) is 5.69 Å². The number of carboxylic acid groups (broad SMARTS) is 2. The van der Waals surface area contributed by atoms with E-state index in [0.29, 0.717) is 30.3 Å². The Morgan fingerprint density at radius 3 is 2.49 bits per heavy atom. The maximum atomic E-state index is 12.3. The molecule has 15 heteroatoms. The van der Waals surface area contributed by atoms with Crippen LogP contribution in [0.2, 0.25) is 0 Å². The molecule has 0 radical (unpaired) electrons. The van der Waals surface area contributed by atoms with Crippen LogP contribution in [0.5, 0.6) is 0 Å². The molecule has 6 N–H and O–H groups in total. The number of anilines is 4. The predicted octanol–water partition coefficient (Wildman–Crippen LogP) is -8.92. The Labute approximate surface area is 244 Å². The molecule has 1 aromatic carbocycles. The van der Waals surface area contributed by atoms with Gasteiger partial charge in [0.2, 0.25) is 5.95 Å². The molecule has 35 heavy (non-hydrogen) atoms. The van der Waals surface area contributed by atoms with Gasteiger partial charge in [-0.25, -0.2) is 0 Å². The number of likely N-dealkylation sites (N-methyl/N-ethyl adjacent to an activating group) is 1. The molecule has 13 nitrogen and oxygen atoms in total. The van der Waals surface area contributed by atoms with Crippen LogP contribution in [0.25, 0.3) is 0 Å². The first kappa shape index (κ1) is 30.7. The molecule has 1 aromatic heterocycles. The summed E-state index contributed by atoms with van der Waals surface area (Å²) in [6, 6.07) is 4.75. The number of nitrogen functional groups attached to an aromatic ring is 1. The fraction of sp³-hybridized carbons (Fsp3) is 0.350. The van der Waals surface area contributed by atoms with Crippen LogP contribution in [-0.4, -0.2) is 60.0 Å². The van der Waals surface area contributed by atoms with Gasteiger partial charge >= 0.3 is 59.1 Å². The third kappa shape index (κ3) is 8.12. The number of nitrogens with zero attached hydrogens (tertiary/aromatic N) is 2. The number of aliphatic carboxylic acids is 2. The molecular weight excluding hydrogens is 480 g/mol. The van der Waals surface area contributed by atoms with Crippen LogP contribution in [0, 0.1) is 0 Å². The Morgan fingerprint density at radius 1 is 1.23 bits per heavy atom. The van der Waals surface area contributed by atoms with Gasteiger partial charge in [-0.05, 0) is 37.1 Å². The normalized spacial score (nSPS) is 14.8. The maximum absolute atomic E-state index is 12.3. The van der Waals surface area contributed by atoms with E-state index in [-0.39, 0.29) is 88.6 Å². The molecular formula is C20H23N7Na2O6. The number of fused-ring (bicyclic) bond motifs is 1. The van der Waals surface area contributed by atoms with Gasteiger partial charge in [-0.2, -0.15) is 4.98 Å². The summed E-state index contributed by atoms with van der Waals surface area (Å²) in [6.45, 7) is 0.984. The number of amides is 1. The molecule has 1 aliphatic heterocycles. The van der Waals surface area contributed by atoms with Gasteiger partial charge in [0.25, 0.3) is 11.5 Å². The minimum absolute atomic E-state index is 0. The number of nitrogens with two attached hydrogens (primary N) is 1. The number of carboxylic acids is 2. The van der Waals surface area contributed by atoms with Crippen molar-refractivity contribution in [2.45, 2.75) is 24.9 Å². The van der Waals surface area contributed by atoms with Crippen LogP contribution in [-0.2, 0) is 9.59 Å². The van der Waals surface area contributed by atoms with E-state index in [2.05, 4.69) is 25.9 Å². The fourth-order valence-electron chi connectivity index (χ4n) is 3.41. The second kappa shape index (κ2) is 13.7. The number of benzene rings is 1. The summed E-state index contributed by atoms with van der Waals surface area (Å²) in [5.41, 5.74) is 6.51. The van der Waals surface area contributed by atoms with Crippen LogP contribution in [0.4, 0.5) is 23.1 Å². The van der Waals surface area contributed by atoms with E-state index in [9.17, 15) is 29.4 Å². The van der Waals surface area contributed by atoms with E-state index in [4.69, 9.17) is 5.73 Å². The van der Waals surface area contributed by atoms with E-state index < -0.39 is 30.3 Å². The van der Waals surface area contributed by atoms with Gasteiger partial charge in [-0.3, -0.25) is 14.6 Å². The molecule has 2 heterocycles. The van der Waals surface area contributed by atoms with Crippen LogP contribution in [0.3, 0.4) is 0 Å². The number of rotatable bonds is 9. The van der Waals surface area contributed by atoms with Crippen LogP contribution in [0.1, 0.15) is 23.2 Å². The van der Waals surface area contributed by atoms with Gasteiger partial charge in [0, 0.05) is 37.4 Å². The van der Waals surface area contributed by atoms with Gasteiger partial charge in [-0.1, -0.05) is 0 Å². The summed E-state index contributed by atoms with van der Waals surface area (Å²) in [5, 5.41) is 30.2. The Kier molecular flexibility index (Phi) is 12.0. The summed E-state index contributed by atoms with van der Waals surface area (Å²) >= 11 is 0. The summed E-state index contributed by atoms with van der Waals surface area (Å²) < 4.78 is 0. The van der Waals surface area contributed by atoms with Crippen molar-refractivity contribution >= 4 is 41.0 Å². The van der Waals surface area contributed by atoms with Gasteiger partial charge in [-0.15, -0.1) is 0 Å². The molecule has 0 saturated carbocycles. The topological polar surface area (TPSA) is 208 Å². The second-order valence-corrected chi connectivity index (χ2v) is 7.51. The Bertz CT molecular complexity index is 1110. The van der Waals surface area contributed by atoms with E-state index in [1.54, 1.807) is 24.1 Å². The number of carbonyl (C=O) groups excluding carboxylic acids is 3. The zero-order valence-electron chi connectivity index (χ0n) is 19.7. The molecule has 3 rings (SSSR count). The van der Waals surface area contributed by atoms with E-state index in [1.807, 2.05) is 0 Å². The summed E-state index contributed by atoms with van der Waals surface area (Å²) in [5.74, 6) is -3.22. The Balaban J connectivity index is 0.00000306. The standard InChI is InChI=1S/C20H25N7O6.2Na/c1-27-12(9-23-16-15(27)18(31)26-20(21)25-16)8-22-11-4-2-10(3-5-11)17(30)24-13(19(32)33)6-7-14(28)29;;/h2-5,12-13,22H,6-9H2,1H3,(H,24,30)(H,28,29)(H,32,33)(H4,21,23,25,26,31);;/q;2*+1/p-2/t12?,13-;;/m1../s1. The number of hydrogen-bond acceptors (Lipinski definition) is 11. The molecule has 0 saturated heterocycles. The van der Waals surface area contributed by atoms with Gasteiger partial charge < -0.3 is 46.4 Å². The first-order chi connectivity index (χ1) is 15.7. The van der Waals surface area contributed by atoms with E-state index in [0.717, 1.165) is 0 Å². The zero-order chi connectivity index (χ0) is 24.1. The zero-order valence-corrected chi connectivity index (χ0v) is 23.7. The van der Waals surface area contributed by atoms with Crippen LogP contribution >= 0.6 is 0 Å². The monoisotopic (exact) mass is 503 g/mol. The molecule has 176 valence electrons. The molecule has 1 amide bonds. The minimum atomic E-state index is -1.58. The first-order valence-electron chi connectivity index (χ1n) is 10.1. The number of aromatic amines is 1. The molecule has 0 fully saturated rings. The molecule has 1 unspecified atom stereocenters. The van der Waals surface area contributed by atoms with Crippen LogP contribution < -0.4 is 101 Å². The fourth-order valence-corrected chi connectivity index (χ4v) is 3.41. The average molecular weight is 503 g/mol. The van der Waals surface area contributed by atoms with Gasteiger partial charge in [0.05, 0.1) is 18.1 Å². The first-order valence-corrected chi connectivity index (χ1v) is 10.1. The van der Waals surface area contributed by atoms with Crippen molar-refractivity contribution in [3.8, 4) is 0 Å². The largest absolute Gasteiger partial charge is 1.00 e. The summed E-state index contributed by atoms with van der Waals surface area (Å²) in [4.78, 5) is 54.5. The van der Waals surface area contributed by atoms with Crippen molar-refractivity contribution in [3.63, 3.8) is 0 Å². The molecule has 2 atom stereocenters. The Hall–Kier alpha value is -2.29.